The molecule has 3 amide bonds. The second-order valence-corrected chi connectivity index (χ2v) is 3.62. The Labute approximate surface area is 105 Å². The van der Waals surface area contributed by atoms with Gasteiger partial charge in [-0.1, -0.05) is 6.92 Å². The van der Waals surface area contributed by atoms with Crippen molar-refractivity contribution < 1.29 is 24.6 Å². The van der Waals surface area contributed by atoms with Crippen LogP contribution in [0.5, 0.6) is 0 Å². The fourth-order valence-corrected chi connectivity index (χ4v) is 1.20. The van der Waals surface area contributed by atoms with Crippen LogP contribution in [0.25, 0.3) is 0 Å². The highest BCUT2D eigenvalue weighted by Crippen LogP contribution is 1.95. The summed E-state index contributed by atoms with van der Waals surface area (Å²) in [5, 5.41) is 22.0. The SMILES string of the molecule is CCCN(CC(=O)NC)C(=O)N[C@@H](CO)C(=O)O. The van der Waals surface area contributed by atoms with E-state index < -0.39 is 24.6 Å². The van der Waals surface area contributed by atoms with Crippen LogP contribution in [0.4, 0.5) is 4.79 Å². The Balaban J connectivity index is 4.55. The normalized spacial score (nSPS) is 11.5. The molecule has 0 saturated heterocycles. The quantitative estimate of drug-likeness (QED) is 0.449. The summed E-state index contributed by atoms with van der Waals surface area (Å²) < 4.78 is 0. The molecule has 8 heteroatoms. The topological polar surface area (TPSA) is 119 Å². The maximum Gasteiger partial charge on any atom is 0.328 e. The van der Waals surface area contributed by atoms with Crippen LogP contribution in [0.15, 0.2) is 0 Å². The molecule has 0 spiro atoms. The van der Waals surface area contributed by atoms with Gasteiger partial charge in [-0.15, -0.1) is 0 Å². The van der Waals surface area contributed by atoms with Crippen LogP contribution in [-0.4, -0.2) is 65.8 Å². The highest BCUT2D eigenvalue weighted by molar-refractivity contribution is 5.86. The van der Waals surface area contributed by atoms with Gasteiger partial charge in [0.1, 0.15) is 6.54 Å². The van der Waals surface area contributed by atoms with Gasteiger partial charge in [0.15, 0.2) is 6.04 Å². The number of carbonyl (C=O) groups excluding carboxylic acids is 2. The summed E-state index contributed by atoms with van der Waals surface area (Å²) in [6, 6.07) is -2.07. The third-order valence-corrected chi connectivity index (χ3v) is 2.17. The van der Waals surface area contributed by atoms with Crippen molar-refractivity contribution in [1.82, 2.24) is 15.5 Å². The van der Waals surface area contributed by atoms with Crippen LogP contribution in [0.1, 0.15) is 13.3 Å². The van der Waals surface area contributed by atoms with Crippen LogP contribution >= 0.6 is 0 Å². The van der Waals surface area contributed by atoms with Crippen molar-refractivity contribution in [3.63, 3.8) is 0 Å². The molecule has 0 aromatic heterocycles. The van der Waals surface area contributed by atoms with E-state index in [1.807, 2.05) is 6.92 Å². The number of nitrogens with one attached hydrogen (secondary N) is 2. The summed E-state index contributed by atoms with van der Waals surface area (Å²) in [6.07, 6.45) is 0.626. The van der Waals surface area contributed by atoms with E-state index in [9.17, 15) is 14.4 Å². The Kier molecular flexibility index (Phi) is 7.45. The first kappa shape index (κ1) is 16.2. The molecule has 0 rings (SSSR count). The van der Waals surface area contributed by atoms with E-state index in [0.717, 1.165) is 0 Å². The van der Waals surface area contributed by atoms with E-state index in [2.05, 4.69) is 10.6 Å². The summed E-state index contributed by atoms with van der Waals surface area (Å²) in [5.41, 5.74) is 0. The molecule has 8 nitrogen and oxygen atoms in total. The van der Waals surface area contributed by atoms with Crippen molar-refractivity contribution in [3.05, 3.63) is 0 Å². The number of rotatable bonds is 7. The second-order valence-electron chi connectivity index (χ2n) is 3.62. The lowest BCUT2D eigenvalue weighted by Crippen LogP contribution is -2.51. The molecule has 0 aliphatic heterocycles. The molecule has 18 heavy (non-hydrogen) atoms. The first-order valence-electron chi connectivity index (χ1n) is 5.55. The van der Waals surface area contributed by atoms with Gasteiger partial charge < -0.3 is 25.7 Å². The minimum Gasteiger partial charge on any atom is -0.480 e. The largest absolute Gasteiger partial charge is 0.480 e. The average Bonchev–Trinajstić information content (AvgIpc) is 2.34. The molecule has 0 radical (unpaired) electrons. The van der Waals surface area contributed by atoms with Crippen molar-refractivity contribution in [3.8, 4) is 0 Å². The minimum absolute atomic E-state index is 0.159. The molecular formula is C10H19N3O5. The molecule has 4 N–H and O–H groups in total. The van der Waals surface area contributed by atoms with Crippen LogP contribution < -0.4 is 10.6 Å². The van der Waals surface area contributed by atoms with Crippen molar-refractivity contribution in [2.75, 3.05) is 26.7 Å². The number of aliphatic carboxylic acids is 1. The number of hydrogen-bond acceptors (Lipinski definition) is 4. The second kappa shape index (κ2) is 8.29. The third kappa shape index (κ3) is 5.48. The molecule has 0 bridgehead atoms. The van der Waals surface area contributed by atoms with E-state index in [-0.39, 0.29) is 12.5 Å². The van der Waals surface area contributed by atoms with Gasteiger partial charge in [0.25, 0.3) is 0 Å². The summed E-state index contributed by atoms with van der Waals surface area (Å²) >= 11 is 0. The summed E-state index contributed by atoms with van der Waals surface area (Å²) in [5.74, 6) is -1.68. The van der Waals surface area contributed by atoms with Gasteiger partial charge in [-0.2, -0.15) is 0 Å². The predicted octanol–water partition coefficient (Wildman–Crippen LogP) is -1.40. The molecule has 0 unspecified atom stereocenters. The molecule has 0 heterocycles. The van der Waals surface area contributed by atoms with E-state index in [1.54, 1.807) is 0 Å². The number of hydrogen-bond donors (Lipinski definition) is 4. The first-order chi connectivity index (χ1) is 8.46. The number of carboxylic acids is 1. The highest BCUT2D eigenvalue weighted by Gasteiger charge is 2.23. The van der Waals surface area contributed by atoms with Crippen molar-refractivity contribution in [2.45, 2.75) is 19.4 Å². The average molecular weight is 261 g/mol. The summed E-state index contributed by atoms with van der Waals surface area (Å²) in [4.78, 5) is 34.7. The Hall–Kier alpha value is -1.83. The summed E-state index contributed by atoms with van der Waals surface area (Å²) in [7, 11) is 1.44. The van der Waals surface area contributed by atoms with Gasteiger partial charge in [-0.05, 0) is 6.42 Å². The molecular weight excluding hydrogens is 242 g/mol. The van der Waals surface area contributed by atoms with E-state index in [0.29, 0.717) is 13.0 Å². The number of amides is 3. The van der Waals surface area contributed by atoms with Gasteiger partial charge in [0.05, 0.1) is 6.61 Å². The zero-order chi connectivity index (χ0) is 14.1. The fourth-order valence-electron chi connectivity index (χ4n) is 1.20. The van der Waals surface area contributed by atoms with Gasteiger partial charge in [0, 0.05) is 13.6 Å². The maximum absolute atomic E-state index is 11.7. The van der Waals surface area contributed by atoms with Crippen molar-refractivity contribution >= 4 is 17.9 Å². The first-order valence-corrected chi connectivity index (χ1v) is 5.55. The van der Waals surface area contributed by atoms with Gasteiger partial charge in [-0.3, -0.25) is 4.79 Å². The molecule has 0 saturated carbocycles. The highest BCUT2D eigenvalue weighted by atomic mass is 16.4. The van der Waals surface area contributed by atoms with Crippen LogP contribution in [0, 0.1) is 0 Å². The van der Waals surface area contributed by atoms with Crippen molar-refractivity contribution in [1.29, 1.82) is 0 Å². The smallest absolute Gasteiger partial charge is 0.328 e. The summed E-state index contributed by atoms with van der Waals surface area (Å²) in [6.45, 7) is 1.27. The lowest BCUT2D eigenvalue weighted by atomic mass is 10.3. The molecule has 0 aliphatic carbocycles. The molecule has 0 aromatic rings. The molecule has 0 aliphatic rings. The van der Waals surface area contributed by atoms with Gasteiger partial charge in [-0.25, -0.2) is 9.59 Å². The lowest BCUT2D eigenvalue weighted by molar-refractivity contribution is -0.140. The molecule has 0 aromatic carbocycles. The predicted molar refractivity (Wildman–Crippen MR) is 63.0 cm³/mol. The monoisotopic (exact) mass is 261 g/mol. The minimum atomic E-state index is -1.37. The number of aliphatic hydroxyl groups excluding tert-OH is 1. The van der Waals surface area contributed by atoms with Gasteiger partial charge in [0.2, 0.25) is 5.91 Å². The number of urea groups is 1. The van der Waals surface area contributed by atoms with Crippen LogP contribution in [0.2, 0.25) is 0 Å². The Bertz CT molecular complexity index is 308. The molecule has 104 valence electrons. The third-order valence-electron chi connectivity index (χ3n) is 2.17. The number of aliphatic hydroxyl groups is 1. The number of likely N-dealkylation sites (N-methyl/N-ethyl adjacent to an activating group) is 1. The van der Waals surface area contributed by atoms with E-state index >= 15 is 0 Å². The van der Waals surface area contributed by atoms with Gasteiger partial charge >= 0.3 is 12.0 Å². The van der Waals surface area contributed by atoms with E-state index in [4.69, 9.17) is 10.2 Å². The molecule has 1 atom stereocenters. The number of carbonyl (C=O) groups is 3. The molecule has 0 fully saturated rings. The Morgan fingerprint density at radius 1 is 1.33 bits per heavy atom. The Morgan fingerprint density at radius 2 is 1.94 bits per heavy atom. The zero-order valence-electron chi connectivity index (χ0n) is 10.5. The lowest BCUT2D eigenvalue weighted by Gasteiger charge is -2.23. The Morgan fingerprint density at radius 3 is 2.33 bits per heavy atom. The van der Waals surface area contributed by atoms with Crippen LogP contribution in [-0.2, 0) is 9.59 Å². The zero-order valence-corrected chi connectivity index (χ0v) is 10.5. The van der Waals surface area contributed by atoms with Crippen LogP contribution in [0.3, 0.4) is 0 Å². The van der Waals surface area contributed by atoms with Crippen molar-refractivity contribution in [2.24, 2.45) is 0 Å². The number of carboxylic acid groups (broad SMARTS) is 1. The number of nitrogens with zero attached hydrogens (tertiary/aromatic N) is 1. The fraction of sp³-hybridized carbons (Fsp3) is 0.700. The standard InChI is InChI=1S/C10H19N3O5/c1-3-4-13(5-8(15)11-2)10(18)12-7(6-14)9(16)17/h7,14H,3-6H2,1-2H3,(H,11,15)(H,12,18)(H,16,17)/t7-/m0/s1. The maximum atomic E-state index is 11.7. The van der Waals surface area contributed by atoms with E-state index in [1.165, 1.54) is 11.9 Å².